The molecule has 0 aromatic carbocycles. The molecule has 5 nitrogen and oxygen atoms in total. The quantitative estimate of drug-likeness (QED) is 0.908. The summed E-state index contributed by atoms with van der Waals surface area (Å²) >= 11 is 0. The predicted molar refractivity (Wildman–Crippen MR) is 72.9 cm³/mol. The molecule has 0 amide bonds. The molecule has 1 aliphatic rings. The van der Waals surface area contributed by atoms with Gasteiger partial charge in [-0.15, -0.1) is 10.2 Å². The van der Waals surface area contributed by atoms with E-state index in [0.717, 1.165) is 6.42 Å². The molecule has 1 aromatic rings. The van der Waals surface area contributed by atoms with Gasteiger partial charge < -0.3 is 14.5 Å². The second-order valence-corrected chi connectivity index (χ2v) is 6.79. The van der Waals surface area contributed by atoms with Crippen molar-refractivity contribution in [2.75, 3.05) is 0 Å². The van der Waals surface area contributed by atoms with Crippen LogP contribution in [0.3, 0.4) is 0 Å². The number of rotatable bonds is 4. The molecule has 1 saturated heterocycles. The summed E-state index contributed by atoms with van der Waals surface area (Å²) in [6.45, 7) is 13.2. The first-order valence-electron chi connectivity index (χ1n) is 6.95. The van der Waals surface area contributed by atoms with Crippen LogP contribution in [0.1, 0.15) is 65.7 Å². The Balaban J connectivity index is 1.95. The van der Waals surface area contributed by atoms with E-state index in [1.165, 1.54) is 0 Å². The predicted octanol–water partition coefficient (Wildman–Crippen LogP) is 2.63. The monoisotopic (exact) mass is 267 g/mol. The summed E-state index contributed by atoms with van der Waals surface area (Å²) in [4.78, 5) is 0. The molecular formula is C14H25N3O2. The lowest BCUT2D eigenvalue weighted by molar-refractivity contribution is -0.0700. The molecule has 0 radical (unpaired) electrons. The number of hydrogen-bond donors (Lipinski definition) is 1. The summed E-state index contributed by atoms with van der Waals surface area (Å²) in [5.74, 6) is 1.61. The van der Waals surface area contributed by atoms with Crippen LogP contribution in [0.2, 0.25) is 0 Å². The van der Waals surface area contributed by atoms with Gasteiger partial charge >= 0.3 is 0 Å². The van der Waals surface area contributed by atoms with Crippen molar-refractivity contribution in [1.82, 2.24) is 15.5 Å². The summed E-state index contributed by atoms with van der Waals surface area (Å²) in [5, 5.41) is 11.6. The molecular weight excluding hydrogens is 242 g/mol. The average molecular weight is 267 g/mol. The van der Waals surface area contributed by atoms with Crippen LogP contribution in [0.15, 0.2) is 4.42 Å². The van der Waals surface area contributed by atoms with Gasteiger partial charge in [0.25, 0.3) is 0 Å². The Labute approximate surface area is 115 Å². The molecule has 2 heterocycles. The van der Waals surface area contributed by atoms with E-state index in [1.807, 2.05) is 13.8 Å². The Hall–Kier alpha value is -0.940. The van der Waals surface area contributed by atoms with Crippen LogP contribution in [0, 0.1) is 0 Å². The first-order chi connectivity index (χ1) is 8.70. The van der Waals surface area contributed by atoms with Gasteiger partial charge in [0.2, 0.25) is 11.8 Å². The molecule has 1 N–H and O–H groups in total. The maximum Gasteiger partial charge on any atom is 0.230 e. The van der Waals surface area contributed by atoms with Crippen molar-refractivity contribution in [1.29, 1.82) is 0 Å². The summed E-state index contributed by atoms with van der Waals surface area (Å²) < 4.78 is 11.7. The molecule has 1 aliphatic heterocycles. The van der Waals surface area contributed by atoms with Gasteiger partial charge in [0.05, 0.1) is 17.7 Å². The molecule has 0 spiro atoms. The third-order valence-corrected chi connectivity index (χ3v) is 3.55. The lowest BCUT2D eigenvalue weighted by Gasteiger charge is -2.27. The van der Waals surface area contributed by atoms with Crippen LogP contribution in [0.4, 0.5) is 0 Å². The fourth-order valence-corrected chi connectivity index (χ4v) is 2.66. The zero-order valence-electron chi connectivity index (χ0n) is 12.8. The van der Waals surface area contributed by atoms with Crippen LogP contribution in [0.25, 0.3) is 0 Å². The standard InChI is InChI=1S/C14H25N3O2/c1-9(2)12-17-16-11(18-12)8-15-10-7-13(3,4)19-14(10,5)6/h9-10,15H,7-8H2,1-6H3/t10-/m0/s1. The van der Waals surface area contributed by atoms with Crippen LogP contribution >= 0.6 is 0 Å². The molecule has 0 bridgehead atoms. The Morgan fingerprint density at radius 2 is 1.95 bits per heavy atom. The van der Waals surface area contributed by atoms with Crippen LogP contribution in [0.5, 0.6) is 0 Å². The van der Waals surface area contributed by atoms with Crippen LogP contribution in [-0.4, -0.2) is 27.4 Å². The second kappa shape index (κ2) is 4.87. The molecule has 5 heteroatoms. The highest BCUT2D eigenvalue weighted by Gasteiger charge is 2.45. The van der Waals surface area contributed by atoms with Gasteiger partial charge in [-0.25, -0.2) is 0 Å². The Bertz CT molecular complexity index is 438. The van der Waals surface area contributed by atoms with Gasteiger partial charge in [-0.2, -0.15) is 0 Å². The van der Waals surface area contributed by atoms with Crippen molar-refractivity contribution in [2.24, 2.45) is 0 Å². The van der Waals surface area contributed by atoms with E-state index >= 15 is 0 Å². The SMILES string of the molecule is CC(C)c1nnc(CN[C@H]2CC(C)(C)OC2(C)C)o1. The molecule has 0 saturated carbocycles. The van der Waals surface area contributed by atoms with Gasteiger partial charge in [0.15, 0.2) is 0 Å². The summed E-state index contributed by atoms with van der Waals surface area (Å²) in [7, 11) is 0. The highest BCUT2D eigenvalue weighted by Crippen LogP contribution is 2.37. The Morgan fingerprint density at radius 3 is 2.42 bits per heavy atom. The van der Waals surface area contributed by atoms with E-state index in [-0.39, 0.29) is 23.2 Å². The highest BCUT2D eigenvalue weighted by atomic mass is 16.5. The Morgan fingerprint density at radius 1 is 1.26 bits per heavy atom. The summed E-state index contributed by atoms with van der Waals surface area (Å²) in [6.07, 6.45) is 0.977. The summed E-state index contributed by atoms with van der Waals surface area (Å²) in [6, 6.07) is 0.289. The van der Waals surface area contributed by atoms with Crippen molar-refractivity contribution in [3.05, 3.63) is 11.8 Å². The molecule has 1 fully saturated rings. The van der Waals surface area contributed by atoms with Crippen molar-refractivity contribution in [3.8, 4) is 0 Å². The van der Waals surface area contributed by atoms with Gasteiger partial charge in [0, 0.05) is 12.0 Å². The van der Waals surface area contributed by atoms with Crippen molar-refractivity contribution in [2.45, 2.75) is 77.7 Å². The lowest BCUT2D eigenvalue weighted by atomic mass is 9.94. The fourth-order valence-electron chi connectivity index (χ4n) is 2.66. The van der Waals surface area contributed by atoms with E-state index in [1.54, 1.807) is 0 Å². The van der Waals surface area contributed by atoms with Crippen LogP contribution < -0.4 is 5.32 Å². The van der Waals surface area contributed by atoms with Crippen molar-refractivity contribution in [3.63, 3.8) is 0 Å². The minimum atomic E-state index is -0.176. The highest BCUT2D eigenvalue weighted by molar-refractivity contribution is 4.99. The molecule has 108 valence electrons. The summed E-state index contributed by atoms with van der Waals surface area (Å²) in [5.41, 5.74) is -0.260. The van der Waals surface area contributed by atoms with E-state index in [4.69, 9.17) is 9.15 Å². The number of hydrogen-bond acceptors (Lipinski definition) is 5. The molecule has 2 rings (SSSR count). The fraction of sp³-hybridized carbons (Fsp3) is 0.857. The maximum atomic E-state index is 6.05. The maximum absolute atomic E-state index is 6.05. The third-order valence-electron chi connectivity index (χ3n) is 3.55. The zero-order valence-corrected chi connectivity index (χ0v) is 12.8. The topological polar surface area (TPSA) is 60.2 Å². The smallest absolute Gasteiger partial charge is 0.230 e. The van der Waals surface area contributed by atoms with Gasteiger partial charge in [-0.3, -0.25) is 0 Å². The second-order valence-electron chi connectivity index (χ2n) is 6.79. The molecule has 0 unspecified atom stereocenters. The van der Waals surface area contributed by atoms with E-state index in [2.05, 4.69) is 43.2 Å². The first-order valence-corrected chi connectivity index (χ1v) is 6.95. The van der Waals surface area contributed by atoms with Crippen molar-refractivity contribution >= 4 is 0 Å². The van der Waals surface area contributed by atoms with Crippen molar-refractivity contribution < 1.29 is 9.15 Å². The molecule has 19 heavy (non-hydrogen) atoms. The number of aromatic nitrogens is 2. The molecule has 1 aromatic heterocycles. The number of nitrogens with zero attached hydrogens (tertiary/aromatic N) is 2. The van der Waals surface area contributed by atoms with Crippen LogP contribution in [-0.2, 0) is 11.3 Å². The average Bonchev–Trinajstić information content (AvgIpc) is 2.77. The largest absolute Gasteiger partial charge is 0.424 e. The minimum Gasteiger partial charge on any atom is -0.424 e. The van der Waals surface area contributed by atoms with Gasteiger partial charge in [0.1, 0.15) is 0 Å². The molecule has 1 atom stereocenters. The van der Waals surface area contributed by atoms with Gasteiger partial charge in [-0.05, 0) is 34.1 Å². The van der Waals surface area contributed by atoms with E-state index in [0.29, 0.717) is 18.3 Å². The zero-order chi connectivity index (χ0) is 14.3. The van der Waals surface area contributed by atoms with Gasteiger partial charge in [-0.1, -0.05) is 13.8 Å². The molecule has 0 aliphatic carbocycles. The van der Waals surface area contributed by atoms with E-state index in [9.17, 15) is 0 Å². The van der Waals surface area contributed by atoms with E-state index < -0.39 is 0 Å². The minimum absolute atomic E-state index is 0.0842. The lowest BCUT2D eigenvalue weighted by Crippen LogP contribution is -2.43. The normalized spacial score (nSPS) is 25.1. The first kappa shape index (κ1) is 14.5. The Kier molecular flexibility index (Phi) is 3.71. The third kappa shape index (κ3) is 3.34. The number of nitrogens with one attached hydrogen (secondary N) is 1. The number of ether oxygens (including phenoxy) is 1.